The lowest BCUT2D eigenvalue weighted by Crippen LogP contribution is -2.05. The van der Waals surface area contributed by atoms with Crippen molar-refractivity contribution in [2.24, 2.45) is 0 Å². The molecular weight excluding hydrogens is 328 g/mol. The number of ether oxygens (including phenoxy) is 3. The Hall–Kier alpha value is -3.23. The molecule has 1 N–H and O–H groups in total. The van der Waals surface area contributed by atoms with Crippen LogP contribution in [0.3, 0.4) is 0 Å². The third kappa shape index (κ3) is 3.88. The van der Waals surface area contributed by atoms with Crippen molar-refractivity contribution in [2.45, 2.75) is 0 Å². The fraction of sp³-hybridized carbons (Fsp3) is 0.190. The Bertz CT molecular complexity index is 948. The number of hydrogen-bond acceptors (Lipinski definition) is 5. The maximum absolute atomic E-state index is 5.79. The van der Waals surface area contributed by atoms with Crippen LogP contribution < -0.4 is 14.8 Å². The molecule has 1 aromatic heterocycles. The van der Waals surface area contributed by atoms with E-state index in [9.17, 15) is 0 Å². The molecule has 0 saturated heterocycles. The molecule has 0 radical (unpaired) electrons. The van der Waals surface area contributed by atoms with Crippen LogP contribution in [-0.2, 0) is 4.74 Å². The number of aromatic nitrogens is 1. The van der Waals surface area contributed by atoms with Crippen LogP contribution in [0.5, 0.6) is 11.5 Å². The van der Waals surface area contributed by atoms with Gasteiger partial charge in [-0.15, -0.1) is 6.42 Å². The average molecular weight is 348 g/mol. The summed E-state index contributed by atoms with van der Waals surface area (Å²) in [5, 5.41) is 4.32. The average Bonchev–Trinajstić information content (AvgIpc) is 2.68. The van der Waals surface area contributed by atoms with E-state index >= 15 is 0 Å². The molecule has 0 fully saturated rings. The topological polar surface area (TPSA) is 52.6 Å². The summed E-state index contributed by atoms with van der Waals surface area (Å²) in [5.41, 5.74) is 3.44. The molecule has 5 nitrogen and oxygen atoms in total. The van der Waals surface area contributed by atoms with Crippen molar-refractivity contribution in [3.8, 4) is 23.8 Å². The first-order valence-electron chi connectivity index (χ1n) is 8.17. The monoisotopic (exact) mass is 348 g/mol. The molecule has 1 heterocycles. The third-order valence-corrected chi connectivity index (χ3v) is 3.88. The fourth-order valence-corrected chi connectivity index (χ4v) is 2.61. The molecule has 3 rings (SSSR count). The van der Waals surface area contributed by atoms with Gasteiger partial charge >= 0.3 is 0 Å². The Morgan fingerprint density at radius 3 is 2.73 bits per heavy atom. The molecule has 0 amide bonds. The lowest BCUT2D eigenvalue weighted by Gasteiger charge is -2.14. The molecule has 0 unspecified atom stereocenters. The predicted molar refractivity (Wildman–Crippen MR) is 103 cm³/mol. The zero-order valence-electron chi connectivity index (χ0n) is 14.8. The summed E-state index contributed by atoms with van der Waals surface area (Å²) >= 11 is 0. The van der Waals surface area contributed by atoms with Crippen molar-refractivity contribution in [2.75, 3.05) is 32.8 Å². The van der Waals surface area contributed by atoms with Crippen molar-refractivity contribution in [3.05, 3.63) is 54.2 Å². The van der Waals surface area contributed by atoms with E-state index in [1.54, 1.807) is 20.4 Å². The maximum Gasteiger partial charge on any atom is 0.162 e. The number of pyridine rings is 1. The molecule has 0 aliphatic rings. The van der Waals surface area contributed by atoms with Crippen LogP contribution in [0.2, 0.25) is 0 Å². The van der Waals surface area contributed by atoms with Gasteiger partial charge in [0.05, 0.1) is 19.2 Å². The minimum absolute atomic E-state index is 0.436. The molecule has 132 valence electrons. The van der Waals surface area contributed by atoms with E-state index in [-0.39, 0.29) is 0 Å². The quantitative estimate of drug-likeness (QED) is 0.517. The van der Waals surface area contributed by atoms with Gasteiger partial charge in [0.15, 0.2) is 11.5 Å². The Morgan fingerprint density at radius 1 is 1.08 bits per heavy atom. The highest BCUT2D eigenvalue weighted by Crippen LogP contribution is 2.35. The predicted octanol–water partition coefficient (Wildman–Crippen LogP) is 3.99. The Morgan fingerprint density at radius 2 is 1.96 bits per heavy atom. The van der Waals surface area contributed by atoms with Gasteiger partial charge < -0.3 is 19.5 Å². The first kappa shape index (κ1) is 17.6. The van der Waals surface area contributed by atoms with Crippen LogP contribution in [0.4, 0.5) is 11.4 Å². The van der Waals surface area contributed by atoms with Gasteiger partial charge in [-0.2, -0.15) is 0 Å². The number of benzene rings is 2. The summed E-state index contributed by atoms with van der Waals surface area (Å²) in [5.74, 6) is 3.92. The van der Waals surface area contributed by atoms with Crippen LogP contribution in [0.15, 0.2) is 48.7 Å². The number of rotatable bonds is 7. The number of nitrogens with one attached hydrogen (secondary N) is 1. The SMILES string of the molecule is C#Cc1cccc(Nc2ccnc3cc(OC)c(OCCOC)cc23)c1. The molecule has 0 spiro atoms. The van der Waals surface area contributed by atoms with E-state index in [4.69, 9.17) is 20.6 Å². The normalized spacial score (nSPS) is 10.3. The van der Waals surface area contributed by atoms with Crippen LogP contribution >= 0.6 is 0 Å². The summed E-state index contributed by atoms with van der Waals surface area (Å²) in [6.07, 6.45) is 7.23. The van der Waals surface area contributed by atoms with Gasteiger partial charge in [0.2, 0.25) is 0 Å². The summed E-state index contributed by atoms with van der Waals surface area (Å²) in [6, 6.07) is 13.4. The molecule has 3 aromatic rings. The van der Waals surface area contributed by atoms with E-state index < -0.39 is 0 Å². The Labute approximate surface area is 152 Å². The molecule has 0 aliphatic carbocycles. The van der Waals surface area contributed by atoms with Gasteiger partial charge in [-0.05, 0) is 30.3 Å². The summed E-state index contributed by atoms with van der Waals surface area (Å²) in [4.78, 5) is 4.43. The number of nitrogens with zero attached hydrogens (tertiary/aromatic N) is 1. The van der Waals surface area contributed by atoms with Gasteiger partial charge in [0, 0.05) is 41.7 Å². The van der Waals surface area contributed by atoms with E-state index in [0.717, 1.165) is 27.8 Å². The first-order valence-corrected chi connectivity index (χ1v) is 8.17. The zero-order valence-corrected chi connectivity index (χ0v) is 14.8. The minimum Gasteiger partial charge on any atom is -0.493 e. The summed E-state index contributed by atoms with van der Waals surface area (Å²) < 4.78 is 16.3. The fourth-order valence-electron chi connectivity index (χ4n) is 2.61. The second kappa shape index (κ2) is 8.24. The van der Waals surface area contributed by atoms with E-state index in [1.807, 2.05) is 42.5 Å². The Balaban J connectivity index is 1.99. The summed E-state index contributed by atoms with van der Waals surface area (Å²) in [7, 11) is 3.25. The van der Waals surface area contributed by atoms with Crippen LogP contribution in [0.1, 0.15) is 5.56 Å². The number of fused-ring (bicyclic) bond motifs is 1. The molecule has 26 heavy (non-hydrogen) atoms. The number of hydrogen-bond donors (Lipinski definition) is 1. The lowest BCUT2D eigenvalue weighted by atomic mass is 10.1. The van der Waals surface area contributed by atoms with Gasteiger partial charge in [0.1, 0.15) is 6.61 Å². The Kier molecular flexibility index (Phi) is 5.57. The molecule has 0 atom stereocenters. The molecule has 0 saturated carbocycles. The van der Waals surface area contributed by atoms with Crippen LogP contribution in [0.25, 0.3) is 10.9 Å². The molecule has 5 heteroatoms. The number of terminal acetylenes is 1. The second-order valence-corrected chi connectivity index (χ2v) is 5.57. The summed E-state index contributed by atoms with van der Waals surface area (Å²) in [6.45, 7) is 0.934. The molecule has 0 bridgehead atoms. The maximum atomic E-state index is 5.79. The van der Waals surface area contributed by atoms with Gasteiger partial charge in [-0.25, -0.2) is 0 Å². The minimum atomic E-state index is 0.436. The number of methoxy groups -OCH3 is 2. The van der Waals surface area contributed by atoms with E-state index in [2.05, 4.69) is 16.2 Å². The van der Waals surface area contributed by atoms with Crippen LogP contribution in [0, 0.1) is 12.3 Å². The highest BCUT2D eigenvalue weighted by atomic mass is 16.5. The largest absolute Gasteiger partial charge is 0.493 e. The van der Waals surface area contributed by atoms with Crippen molar-refractivity contribution in [1.29, 1.82) is 0 Å². The molecular formula is C21H20N2O3. The van der Waals surface area contributed by atoms with Crippen molar-refractivity contribution >= 4 is 22.3 Å². The standard InChI is InChI=1S/C21H20N2O3/c1-4-15-6-5-7-16(12-15)23-18-8-9-22-19-14-20(25-3)21(13-17(18)19)26-11-10-24-2/h1,5-9,12-14H,10-11H2,2-3H3,(H,22,23). The van der Waals surface area contributed by atoms with Crippen molar-refractivity contribution in [3.63, 3.8) is 0 Å². The highest BCUT2D eigenvalue weighted by Gasteiger charge is 2.11. The third-order valence-electron chi connectivity index (χ3n) is 3.88. The van der Waals surface area contributed by atoms with E-state index in [0.29, 0.717) is 24.7 Å². The first-order chi connectivity index (χ1) is 12.7. The van der Waals surface area contributed by atoms with Gasteiger partial charge in [-0.3, -0.25) is 4.98 Å². The van der Waals surface area contributed by atoms with Crippen molar-refractivity contribution in [1.82, 2.24) is 4.98 Å². The number of anilines is 2. The van der Waals surface area contributed by atoms with Crippen LogP contribution in [-0.4, -0.2) is 32.4 Å². The highest BCUT2D eigenvalue weighted by molar-refractivity contribution is 5.95. The second-order valence-electron chi connectivity index (χ2n) is 5.57. The van der Waals surface area contributed by atoms with Gasteiger partial charge in [-0.1, -0.05) is 12.0 Å². The van der Waals surface area contributed by atoms with E-state index in [1.165, 1.54) is 0 Å². The van der Waals surface area contributed by atoms with Crippen molar-refractivity contribution < 1.29 is 14.2 Å². The smallest absolute Gasteiger partial charge is 0.162 e. The zero-order chi connectivity index (χ0) is 18.4. The molecule has 2 aromatic carbocycles. The lowest BCUT2D eigenvalue weighted by molar-refractivity contribution is 0.144. The molecule has 0 aliphatic heterocycles. The van der Waals surface area contributed by atoms with Gasteiger partial charge in [0.25, 0.3) is 0 Å².